The highest BCUT2D eigenvalue weighted by Crippen LogP contribution is 2.31. The maximum Gasteiger partial charge on any atom is 0.183 e. The zero-order valence-corrected chi connectivity index (χ0v) is 11.0. The summed E-state index contributed by atoms with van der Waals surface area (Å²) in [7, 11) is 0. The molecule has 1 N–H and O–H groups in total. The van der Waals surface area contributed by atoms with Crippen LogP contribution < -0.4 is 5.32 Å². The van der Waals surface area contributed by atoms with Gasteiger partial charge < -0.3 is 5.32 Å². The molecule has 86 valence electrons. The molecule has 0 saturated carbocycles. The predicted octanol–water partition coefficient (Wildman–Crippen LogP) is 4.41. The van der Waals surface area contributed by atoms with E-state index in [1.807, 2.05) is 18.2 Å². The van der Waals surface area contributed by atoms with Crippen molar-refractivity contribution in [3.63, 3.8) is 0 Å². The lowest BCUT2D eigenvalue weighted by atomic mass is 10.1. The number of fused-ring (bicyclic) bond motifs is 1. The summed E-state index contributed by atoms with van der Waals surface area (Å²) in [6, 6.07) is 5.83. The minimum atomic E-state index is 0.713. The number of benzene rings is 1. The molecule has 0 atom stereocenters. The summed E-state index contributed by atoms with van der Waals surface area (Å²) in [5, 5.41) is 5.09. The van der Waals surface area contributed by atoms with Crippen LogP contribution in [0.4, 0.5) is 5.13 Å². The highest BCUT2D eigenvalue weighted by molar-refractivity contribution is 7.22. The van der Waals surface area contributed by atoms with E-state index in [0.29, 0.717) is 5.92 Å². The van der Waals surface area contributed by atoms with Crippen LogP contribution in [0.2, 0.25) is 5.02 Å². The summed E-state index contributed by atoms with van der Waals surface area (Å²) >= 11 is 7.72. The Bertz CT molecular complexity index is 479. The van der Waals surface area contributed by atoms with Gasteiger partial charge in [-0.05, 0) is 24.5 Å². The first-order chi connectivity index (χ1) is 7.66. The van der Waals surface area contributed by atoms with Crippen LogP contribution in [0.1, 0.15) is 20.3 Å². The fraction of sp³-hybridized carbons (Fsp3) is 0.417. The molecule has 2 rings (SSSR count). The zero-order valence-electron chi connectivity index (χ0n) is 9.46. The van der Waals surface area contributed by atoms with Gasteiger partial charge in [-0.15, -0.1) is 0 Å². The second-order valence-corrected chi connectivity index (χ2v) is 5.62. The van der Waals surface area contributed by atoms with Crippen LogP contribution in [0.3, 0.4) is 0 Å². The van der Waals surface area contributed by atoms with Gasteiger partial charge in [0.2, 0.25) is 0 Å². The van der Waals surface area contributed by atoms with Crippen LogP contribution in [0.15, 0.2) is 18.2 Å². The van der Waals surface area contributed by atoms with Crippen molar-refractivity contribution < 1.29 is 0 Å². The molecule has 0 aliphatic heterocycles. The van der Waals surface area contributed by atoms with Crippen LogP contribution >= 0.6 is 22.9 Å². The van der Waals surface area contributed by atoms with E-state index in [4.69, 9.17) is 11.6 Å². The van der Waals surface area contributed by atoms with Gasteiger partial charge in [-0.3, -0.25) is 0 Å². The molecule has 4 heteroatoms. The van der Waals surface area contributed by atoms with Crippen molar-refractivity contribution in [2.75, 3.05) is 11.9 Å². The van der Waals surface area contributed by atoms with Crippen LogP contribution in [-0.2, 0) is 0 Å². The molecule has 16 heavy (non-hydrogen) atoms. The predicted molar refractivity (Wildman–Crippen MR) is 72.6 cm³/mol. The number of aromatic nitrogens is 1. The molecule has 0 bridgehead atoms. The van der Waals surface area contributed by atoms with Gasteiger partial charge in [-0.25, -0.2) is 4.98 Å². The molecule has 0 saturated heterocycles. The van der Waals surface area contributed by atoms with E-state index >= 15 is 0 Å². The molecule has 0 amide bonds. The summed E-state index contributed by atoms with van der Waals surface area (Å²) in [5.74, 6) is 0.713. The second-order valence-electron chi connectivity index (χ2n) is 4.22. The first-order valence-corrected chi connectivity index (χ1v) is 6.65. The fourth-order valence-electron chi connectivity index (χ4n) is 1.46. The topological polar surface area (TPSA) is 24.9 Å². The van der Waals surface area contributed by atoms with E-state index in [0.717, 1.165) is 33.3 Å². The third kappa shape index (κ3) is 2.66. The van der Waals surface area contributed by atoms with Crippen LogP contribution in [0.25, 0.3) is 10.2 Å². The van der Waals surface area contributed by atoms with Crippen molar-refractivity contribution >= 4 is 38.3 Å². The quantitative estimate of drug-likeness (QED) is 0.874. The molecular formula is C12H15ClN2S. The standard InChI is InChI=1S/C12H15ClN2S/c1-8(2)6-7-14-12-15-10-5-3-4-9(13)11(10)16-12/h3-5,8H,6-7H2,1-2H3,(H,14,15). The number of rotatable bonds is 4. The molecule has 1 heterocycles. The monoisotopic (exact) mass is 254 g/mol. The van der Waals surface area contributed by atoms with E-state index in [9.17, 15) is 0 Å². The van der Waals surface area contributed by atoms with Crippen LogP contribution in [0, 0.1) is 5.92 Å². The van der Waals surface area contributed by atoms with Crippen molar-refractivity contribution in [1.82, 2.24) is 4.98 Å². The third-order valence-electron chi connectivity index (χ3n) is 2.36. The van der Waals surface area contributed by atoms with Crippen molar-refractivity contribution in [1.29, 1.82) is 0 Å². The van der Waals surface area contributed by atoms with E-state index in [2.05, 4.69) is 24.1 Å². The molecule has 0 spiro atoms. The second kappa shape index (κ2) is 5.02. The number of nitrogens with zero attached hydrogens (tertiary/aromatic N) is 1. The summed E-state index contributed by atoms with van der Waals surface area (Å²) in [6.07, 6.45) is 1.16. The fourth-order valence-corrected chi connectivity index (χ4v) is 2.64. The SMILES string of the molecule is CC(C)CCNc1nc2cccc(Cl)c2s1. The van der Waals surface area contributed by atoms with Gasteiger partial charge in [0.1, 0.15) is 0 Å². The lowest BCUT2D eigenvalue weighted by Crippen LogP contribution is -2.03. The maximum atomic E-state index is 6.10. The van der Waals surface area contributed by atoms with E-state index in [1.54, 1.807) is 11.3 Å². The van der Waals surface area contributed by atoms with Crippen molar-refractivity contribution in [3.05, 3.63) is 23.2 Å². The van der Waals surface area contributed by atoms with Gasteiger partial charge in [0, 0.05) is 6.54 Å². The highest BCUT2D eigenvalue weighted by atomic mass is 35.5. The molecule has 0 fully saturated rings. The van der Waals surface area contributed by atoms with Crippen molar-refractivity contribution in [2.45, 2.75) is 20.3 Å². The third-order valence-corrected chi connectivity index (χ3v) is 3.85. The number of anilines is 1. The van der Waals surface area contributed by atoms with Gasteiger partial charge in [-0.2, -0.15) is 0 Å². The molecule has 0 aliphatic rings. The molecular weight excluding hydrogens is 240 g/mol. The lowest BCUT2D eigenvalue weighted by molar-refractivity contribution is 0.607. The number of nitrogens with one attached hydrogen (secondary N) is 1. The highest BCUT2D eigenvalue weighted by Gasteiger charge is 2.06. The number of thiazole rings is 1. The smallest absolute Gasteiger partial charge is 0.183 e. The molecule has 2 nitrogen and oxygen atoms in total. The maximum absolute atomic E-state index is 6.10. The first-order valence-electron chi connectivity index (χ1n) is 5.45. The summed E-state index contributed by atoms with van der Waals surface area (Å²) in [6.45, 7) is 5.41. The van der Waals surface area contributed by atoms with Gasteiger partial charge in [0.15, 0.2) is 5.13 Å². The van der Waals surface area contributed by atoms with Gasteiger partial charge in [-0.1, -0.05) is 42.9 Å². The first kappa shape index (κ1) is 11.7. The average Bonchev–Trinajstić information content (AvgIpc) is 2.61. The van der Waals surface area contributed by atoms with Crippen molar-refractivity contribution in [3.8, 4) is 0 Å². The lowest BCUT2D eigenvalue weighted by Gasteiger charge is -2.04. The Morgan fingerprint density at radius 1 is 1.44 bits per heavy atom. The molecule has 1 aromatic carbocycles. The van der Waals surface area contributed by atoms with E-state index in [1.165, 1.54) is 0 Å². The summed E-state index contributed by atoms with van der Waals surface area (Å²) in [5.41, 5.74) is 0.976. The van der Waals surface area contributed by atoms with Gasteiger partial charge in [0.25, 0.3) is 0 Å². The molecule has 0 aliphatic carbocycles. The molecule has 2 aromatic rings. The Morgan fingerprint density at radius 3 is 2.94 bits per heavy atom. The number of hydrogen-bond acceptors (Lipinski definition) is 3. The largest absolute Gasteiger partial charge is 0.361 e. The molecule has 1 aromatic heterocycles. The number of halogens is 1. The van der Waals surface area contributed by atoms with Crippen molar-refractivity contribution in [2.24, 2.45) is 5.92 Å². The minimum Gasteiger partial charge on any atom is -0.361 e. The zero-order chi connectivity index (χ0) is 11.5. The Morgan fingerprint density at radius 2 is 2.25 bits per heavy atom. The van der Waals surface area contributed by atoms with Crippen LogP contribution in [0.5, 0.6) is 0 Å². The Balaban J connectivity index is 2.11. The summed E-state index contributed by atoms with van der Waals surface area (Å²) in [4.78, 5) is 4.49. The Kier molecular flexibility index (Phi) is 3.66. The molecule has 0 unspecified atom stereocenters. The van der Waals surface area contributed by atoms with E-state index < -0.39 is 0 Å². The van der Waals surface area contributed by atoms with Gasteiger partial charge >= 0.3 is 0 Å². The van der Waals surface area contributed by atoms with Crippen LogP contribution in [-0.4, -0.2) is 11.5 Å². The number of hydrogen-bond donors (Lipinski definition) is 1. The minimum absolute atomic E-state index is 0.713. The Labute approximate surface area is 105 Å². The van der Waals surface area contributed by atoms with Gasteiger partial charge in [0.05, 0.1) is 15.2 Å². The Hall–Kier alpha value is -0.800. The molecule has 0 radical (unpaired) electrons. The normalized spacial score (nSPS) is 11.2. The summed E-state index contributed by atoms with van der Waals surface area (Å²) < 4.78 is 1.07. The average molecular weight is 255 g/mol. The van der Waals surface area contributed by atoms with E-state index in [-0.39, 0.29) is 0 Å².